The molecule has 0 aliphatic rings. The number of carboxylic acids is 1. The van der Waals surface area contributed by atoms with Gasteiger partial charge in [0.25, 0.3) is 0 Å². The number of aliphatic carboxylic acids is 1. The van der Waals surface area contributed by atoms with Crippen molar-refractivity contribution in [2.24, 2.45) is 5.11 Å². The van der Waals surface area contributed by atoms with E-state index < -0.39 is 17.3 Å². The molecule has 0 aromatic heterocycles. The van der Waals surface area contributed by atoms with Crippen molar-refractivity contribution in [3.05, 3.63) is 46.1 Å². The van der Waals surface area contributed by atoms with Crippen LogP contribution in [0.15, 0.2) is 29.4 Å². The van der Waals surface area contributed by atoms with Crippen LogP contribution in [0.2, 0.25) is 0 Å². The molecule has 0 amide bonds. The lowest BCUT2D eigenvalue weighted by molar-refractivity contribution is -0.144. The molecule has 0 saturated heterocycles. The number of halogens is 1. The standard InChI is InChI=1S/C12H15FN4O2/c1-12(11(18)19,15-6-7-16-17-14)8-9-4-2-3-5-10(9)13/h2-5,15H,6-8H2,1H3,(H,18,19). The zero-order valence-corrected chi connectivity index (χ0v) is 10.5. The van der Waals surface area contributed by atoms with Crippen molar-refractivity contribution in [3.63, 3.8) is 0 Å². The van der Waals surface area contributed by atoms with Crippen molar-refractivity contribution in [2.75, 3.05) is 13.1 Å². The van der Waals surface area contributed by atoms with E-state index in [2.05, 4.69) is 15.3 Å². The summed E-state index contributed by atoms with van der Waals surface area (Å²) < 4.78 is 13.5. The Morgan fingerprint density at radius 3 is 2.84 bits per heavy atom. The average Bonchev–Trinajstić information content (AvgIpc) is 2.37. The molecule has 0 fully saturated rings. The SMILES string of the molecule is CC(Cc1ccccc1F)(NCCN=[N+]=[N-])C(=O)O. The van der Waals surface area contributed by atoms with Crippen LogP contribution in [-0.2, 0) is 11.2 Å². The van der Waals surface area contributed by atoms with Crippen molar-refractivity contribution in [1.29, 1.82) is 0 Å². The molecule has 1 aromatic rings. The number of nitrogens with one attached hydrogen (secondary N) is 1. The summed E-state index contributed by atoms with van der Waals surface area (Å²) in [4.78, 5) is 13.9. The van der Waals surface area contributed by atoms with E-state index in [0.29, 0.717) is 5.56 Å². The van der Waals surface area contributed by atoms with E-state index in [0.717, 1.165) is 0 Å². The first-order valence-corrected chi connectivity index (χ1v) is 5.72. The molecular weight excluding hydrogens is 251 g/mol. The first-order valence-electron chi connectivity index (χ1n) is 5.72. The van der Waals surface area contributed by atoms with Crippen LogP contribution in [-0.4, -0.2) is 29.7 Å². The molecule has 0 aliphatic heterocycles. The van der Waals surface area contributed by atoms with E-state index in [-0.39, 0.29) is 19.5 Å². The van der Waals surface area contributed by atoms with Gasteiger partial charge in [-0.2, -0.15) is 0 Å². The Labute approximate surface area is 109 Å². The molecule has 0 spiro atoms. The highest BCUT2D eigenvalue weighted by molar-refractivity contribution is 5.78. The molecule has 7 heteroatoms. The molecule has 1 atom stereocenters. The van der Waals surface area contributed by atoms with Gasteiger partial charge in [0, 0.05) is 24.4 Å². The zero-order valence-electron chi connectivity index (χ0n) is 10.5. The molecule has 0 heterocycles. The van der Waals surface area contributed by atoms with Crippen molar-refractivity contribution in [1.82, 2.24) is 5.32 Å². The van der Waals surface area contributed by atoms with E-state index in [1.165, 1.54) is 13.0 Å². The second-order valence-electron chi connectivity index (χ2n) is 4.29. The fraction of sp³-hybridized carbons (Fsp3) is 0.417. The lowest BCUT2D eigenvalue weighted by Crippen LogP contribution is -2.52. The van der Waals surface area contributed by atoms with Crippen molar-refractivity contribution < 1.29 is 14.3 Å². The van der Waals surface area contributed by atoms with Gasteiger partial charge in [0.15, 0.2) is 0 Å². The molecule has 1 unspecified atom stereocenters. The van der Waals surface area contributed by atoms with Gasteiger partial charge >= 0.3 is 5.97 Å². The minimum atomic E-state index is -1.31. The largest absolute Gasteiger partial charge is 0.480 e. The van der Waals surface area contributed by atoms with E-state index in [4.69, 9.17) is 5.53 Å². The van der Waals surface area contributed by atoms with Gasteiger partial charge in [-0.15, -0.1) is 0 Å². The summed E-state index contributed by atoms with van der Waals surface area (Å²) >= 11 is 0. The van der Waals surface area contributed by atoms with E-state index >= 15 is 0 Å². The molecule has 0 saturated carbocycles. The third-order valence-corrected chi connectivity index (χ3v) is 2.76. The molecule has 6 nitrogen and oxygen atoms in total. The number of rotatable bonds is 7. The number of benzene rings is 1. The number of hydrogen-bond donors (Lipinski definition) is 2. The maximum atomic E-state index is 13.5. The first kappa shape index (κ1) is 14.9. The maximum absolute atomic E-state index is 13.5. The lowest BCUT2D eigenvalue weighted by Gasteiger charge is -2.26. The molecule has 1 aromatic carbocycles. The van der Waals surface area contributed by atoms with Crippen LogP contribution in [0.25, 0.3) is 10.4 Å². The second-order valence-corrected chi connectivity index (χ2v) is 4.29. The number of carbonyl (C=O) groups is 1. The zero-order chi connectivity index (χ0) is 14.3. The Morgan fingerprint density at radius 2 is 2.26 bits per heavy atom. The average molecular weight is 266 g/mol. The van der Waals surface area contributed by atoms with Gasteiger partial charge < -0.3 is 10.4 Å². The molecule has 102 valence electrons. The minimum absolute atomic E-state index is 0.00523. The molecule has 0 aliphatic carbocycles. The first-order chi connectivity index (χ1) is 8.99. The summed E-state index contributed by atoms with van der Waals surface area (Å²) in [5.74, 6) is -1.52. The van der Waals surface area contributed by atoms with E-state index in [1.54, 1.807) is 18.2 Å². The van der Waals surface area contributed by atoms with Gasteiger partial charge in [-0.1, -0.05) is 23.3 Å². The van der Waals surface area contributed by atoms with Gasteiger partial charge in [-0.3, -0.25) is 4.79 Å². The highest BCUT2D eigenvalue weighted by atomic mass is 19.1. The second kappa shape index (κ2) is 6.72. The van der Waals surface area contributed by atoms with Crippen LogP contribution in [0.4, 0.5) is 4.39 Å². The molecular formula is C12H15FN4O2. The Kier molecular flexibility index (Phi) is 5.29. The van der Waals surface area contributed by atoms with Gasteiger partial charge in [-0.25, -0.2) is 4.39 Å². The third kappa shape index (κ3) is 4.24. The molecule has 1 rings (SSSR count). The highest BCUT2D eigenvalue weighted by Crippen LogP contribution is 2.16. The topological polar surface area (TPSA) is 98.1 Å². The summed E-state index contributed by atoms with van der Waals surface area (Å²) in [5, 5.41) is 15.3. The van der Waals surface area contributed by atoms with Gasteiger partial charge in [0.05, 0.1) is 0 Å². The molecule has 19 heavy (non-hydrogen) atoms. The summed E-state index contributed by atoms with van der Waals surface area (Å²) in [5.41, 5.74) is 7.15. The van der Waals surface area contributed by atoms with Crippen LogP contribution < -0.4 is 5.32 Å². The lowest BCUT2D eigenvalue weighted by atomic mass is 9.92. The normalized spacial score (nSPS) is 13.4. The van der Waals surface area contributed by atoms with Crippen LogP contribution in [0.1, 0.15) is 12.5 Å². The maximum Gasteiger partial charge on any atom is 0.323 e. The van der Waals surface area contributed by atoms with Crippen LogP contribution in [0, 0.1) is 5.82 Å². The van der Waals surface area contributed by atoms with Gasteiger partial charge in [-0.05, 0) is 24.1 Å². The van der Waals surface area contributed by atoms with Crippen molar-refractivity contribution in [3.8, 4) is 0 Å². The Morgan fingerprint density at radius 1 is 1.58 bits per heavy atom. The summed E-state index contributed by atoms with van der Waals surface area (Å²) in [6, 6.07) is 6.04. The van der Waals surface area contributed by atoms with Crippen molar-refractivity contribution >= 4 is 5.97 Å². The minimum Gasteiger partial charge on any atom is -0.480 e. The number of hydrogen-bond acceptors (Lipinski definition) is 3. The monoisotopic (exact) mass is 266 g/mol. The van der Waals surface area contributed by atoms with Crippen LogP contribution in [0.3, 0.4) is 0 Å². The molecule has 0 radical (unpaired) electrons. The molecule has 0 bridgehead atoms. The fourth-order valence-electron chi connectivity index (χ4n) is 1.66. The number of nitrogens with zero attached hydrogens (tertiary/aromatic N) is 3. The quantitative estimate of drug-likeness (QED) is 0.342. The number of azide groups is 1. The van der Waals surface area contributed by atoms with Gasteiger partial charge in [0.1, 0.15) is 11.4 Å². The smallest absolute Gasteiger partial charge is 0.323 e. The Bertz CT molecular complexity index is 502. The summed E-state index contributed by atoms with van der Waals surface area (Å²) in [6.07, 6.45) is 0.00523. The Balaban J connectivity index is 2.79. The predicted molar refractivity (Wildman–Crippen MR) is 68.2 cm³/mol. The molecule has 2 N–H and O–H groups in total. The predicted octanol–water partition coefficient (Wildman–Crippen LogP) is 2.11. The number of carboxylic acid groups (broad SMARTS) is 1. The van der Waals surface area contributed by atoms with E-state index in [1.807, 2.05) is 0 Å². The highest BCUT2D eigenvalue weighted by Gasteiger charge is 2.33. The Hall–Kier alpha value is -2.11. The van der Waals surface area contributed by atoms with E-state index in [9.17, 15) is 14.3 Å². The fourth-order valence-corrected chi connectivity index (χ4v) is 1.66. The summed E-state index contributed by atoms with van der Waals surface area (Å²) in [6.45, 7) is 1.82. The van der Waals surface area contributed by atoms with Crippen LogP contribution in [0.5, 0.6) is 0 Å². The third-order valence-electron chi connectivity index (χ3n) is 2.76. The summed E-state index contributed by atoms with van der Waals surface area (Å²) in [7, 11) is 0. The van der Waals surface area contributed by atoms with Crippen LogP contribution >= 0.6 is 0 Å². The van der Waals surface area contributed by atoms with Crippen molar-refractivity contribution in [2.45, 2.75) is 18.9 Å². The van der Waals surface area contributed by atoms with Gasteiger partial charge in [0.2, 0.25) is 0 Å².